The van der Waals surface area contributed by atoms with Gasteiger partial charge in [-0.2, -0.15) is 0 Å². The third-order valence-corrected chi connectivity index (χ3v) is 8.61. The maximum Gasteiger partial charge on any atom is 0.407 e. The number of aliphatic hydroxyl groups is 1. The van der Waals surface area contributed by atoms with E-state index < -0.39 is 99.3 Å². The number of hydrazine groups is 1. The average molecular weight is 848 g/mol. The number of aromatic nitrogens is 1. The van der Waals surface area contributed by atoms with E-state index in [4.69, 9.17) is 36.0 Å². The molecule has 0 saturated carbocycles. The summed E-state index contributed by atoms with van der Waals surface area (Å²) in [5.41, 5.74) is -1.10. The quantitative estimate of drug-likeness (QED) is 0.0673. The number of ether oxygens (including phenoxy) is 5. The van der Waals surface area contributed by atoms with Crippen molar-refractivity contribution in [2.24, 2.45) is 10.8 Å². The molecule has 0 fully saturated rings. The molecule has 60 heavy (non-hydrogen) atoms. The third kappa shape index (κ3) is 17.6. The van der Waals surface area contributed by atoms with E-state index in [0.29, 0.717) is 28.4 Å². The Labute approximate surface area is 369 Å². The number of benzene rings is 2. The number of rotatable bonds is 23. The van der Waals surface area contributed by atoms with Crippen LogP contribution in [0.2, 0.25) is 0 Å². The van der Waals surface area contributed by atoms with Gasteiger partial charge >= 0.3 is 12.2 Å². The lowest BCUT2D eigenvalue weighted by Gasteiger charge is -2.35. The number of hydrogen-bond acceptors (Lipinski definition) is 12. The van der Waals surface area contributed by atoms with Gasteiger partial charge in [-0.15, -0.1) is 0 Å². The molecular weight excluding hydrogens is 773 g/mol. The van der Waals surface area contributed by atoms with Crippen molar-refractivity contribution >= 4 is 24.0 Å². The largest absolute Gasteiger partial charge is 0.453 e. The van der Waals surface area contributed by atoms with E-state index in [1.807, 2.05) is 5.32 Å². The first kappa shape index (κ1) is 34.6. The third-order valence-electron chi connectivity index (χ3n) is 8.61. The minimum absolute atomic E-state index is 0.0492. The fraction of sp³-hybridized carbons (Fsp3) is 0.523. The summed E-state index contributed by atoms with van der Waals surface area (Å²) in [6.07, 6.45) is -3.39. The molecule has 0 spiro atoms. The molecule has 5 N–H and O–H groups in total. The van der Waals surface area contributed by atoms with Crippen molar-refractivity contribution in [3.05, 3.63) is 90.1 Å². The highest BCUT2D eigenvalue weighted by atomic mass is 16.6. The van der Waals surface area contributed by atoms with Crippen LogP contribution < -0.4 is 21.4 Å². The van der Waals surface area contributed by atoms with Crippen molar-refractivity contribution in [3.63, 3.8) is 0 Å². The van der Waals surface area contributed by atoms with Crippen LogP contribution >= 0.6 is 0 Å². The fourth-order valence-electron chi connectivity index (χ4n) is 5.49. The minimum atomic E-state index is -4.04. The number of hydrogen-bond donors (Lipinski definition) is 5. The normalized spacial score (nSPS) is 17.3. The highest BCUT2D eigenvalue weighted by Gasteiger charge is 2.37. The molecule has 3 aromatic rings. The standard InChI is InChI=1S/C44H64N6O10/c1-43(2,3)37(48-42(55)60-27-26-59-25-24-58-23-22-56-7)39(52)46-35(28-31-14-10-9-11-15-31)36(51)30-50(49-40(53)38(44(4,5)6)47-41(54)57-8)29-32-17-19-33(20-18-32)34-16-12-13-21-45-34/h9-21,35-38,51H,22-30H2,1-8H3,(H,46,52)(H,47,54)(H,48,55)(H,49,53)/t35-,36-,37+,38+/m0/s1/i1D3,2D3,3D3,29D2. The highest BCUT2D eigenvalue weighted by molar-refractivity contribution is 5.87. The predicted molar refractivity (Wildman–Crippen MR) is 226 cm³/mol. The number of alkyl carbamates (subject to hydrolysis) is 2. The fourth-order valence-corrected chi connectivity index (χ4v) is 5.49. The molecule has 0 saturated heterocycles. The van der Waals surface area contributed by atoms with Crippen LogP contribution in [0.3, 0.4) is 0 Å². The van der Waals surface area contributed by atoms with Crippen molar-refractivity contribution in [1.82, 2.24) is 31.4 Å². The monoisotopic (exact) mass is 848 g/mol. The van der Waals surface area contributed by atoms with Gasteiger partial charge in [-0.25, -0.2) is 14.6 Å². The van der Waals surface area contributed by atoms with Gasteiger partial charge in [0.05, 0.1) is 60.7 Å². The molecule has 0 aliphatic heterocycles. The lowest BCUT2D eigenvalue weighted by atomic mass is 9.85. The first-order valence-corrected chi connectivity index (χ1v) is 19.1. The van der Waals surface area contributed by atoms with Gasteiger partial charge in [0.25, 0.3) is 5.91 Å². The Bertz CT molecular complexity index is 2110. The van der Waals surface area contributed by atoms with Gasteiger partial charge in [0, 0.05) is 44.2 Å². The Kier molecular flexibility index (Phi) is 14.3. The second-order valence-corrected chi connectivity index (χ2v) is 14.5. The summed E-state index contributed by atoms with van der Waals surface area (Å²) in [7, 11) is 2.57. The van der Waals surface area contributed by atoms with E-state index in [0.717, 1.165) is 7.11 Å². The first-order valence-electron chi connectivity index (χ1n) is 24.6. The van der Waals surface area contributed by atoms with Crippen LogP contribution in [0.1, 0.15) is 67.5 Å². The van der Waals surface area contributed by atoms with Crippen LogP contribution in [0.15, 0.2) is 79.0 Å². The number of carbonyl (C=O) groups is 4. The summed E-state index contributed by atoms with van der Waals surface area (Å²) in [6.45, 7) is -10.9. The van der Waals surface area contributed by atoms with Crippen molar-refractivity contribution in [2.45, 2.75) is 78.5 Å². The van der Waals surface area contributed by atoms with Gasteiger partial charge in [-0.1, -0.05) is 102 Å². The van der Waals surface area contributed by atoms with E-state index in [9.17, 15) is 27.0 Å². The second-order valence-electron chi connectivity index (χ2n) is 14.5. The van der Waals surface area contributed by atoms with Gasteiger partial charge in [0.2, 0.25) is 5.91 Å². The number of nitrogens with zero attached hydrogens (tertiary/aromatic N) is 2. The Morgan fingerprint density at radius 2 is 1.37 bits per heavy atom. The van der Waals surface area contributed by atoms with Crippen LogP contribution in [0, 0.1) is 10.8 Å². The van der Waals surface area contributed by atoms with Crippen LogP contribution in [-0.4, -0.2) is 124 Å². The van der Waals surface area contributed by atoms with Crippen molar-refractivity contribution < 1.29 is 63.0 Å². The topological polar surface area (TPSA) is 199 Å². The highest BCUT2D eigenvalue weighted by Crippen LogP contribution is 2.23. The molecule has 330 valence electrons. The molecule has 0 bridgehead atoms. The van der Waals surface area contributed by atoms with E-state index in [2.05, 4.69) is 21.0 Å². The maximum absolute atomic E-state index is 14.8. The lowest BCUT2D eigenvalue weighted by Crippen LogP contribution is -2.61. The zero-order valence-corrected chi connectivity index (χ0v) is 34.5. The molecule has 1 aromatic heterocycles. The lowest BCUT2D eigenvalue weighted by molar-refractivity contribution is -0.132. The molecule has 1 heterocycles. The molecular formula is C44H64N6O10. The van der Waals surface area contributed by atoms with E-state index >= 15 is 0 Å². The van der Waals surface area contributed by atoms with Crippen molar-refractivity contribution in [2.75, 3.05) is 60.4 Å². The Hall–Kier alpha value is -5.13. The van der Waals surface area contributed by atoms with Gasteiger partial charge in [0.15, 0.2) is 0 Å². The Balaban J connectivity index is 2.15. The maximum atomic E-state index is 14.8. The number of nitrogens with one attached hydrogen (secondary N) is 4. The number of carbonyl (C=O) groups excluding carboxylic acids is 4. The molecule has 4 atom stereocenters. The van der Waals surface area contributed by atoms with Crippen LogP contribution in [0.25, 0.3) is 11.3 Å². The molecule has 3 rings (SSSR count). The molecule has 0 aliphatic carbocycles. The number of pyridine rings is 1. The minimum Gasteiger partial charge on any atom is -0.453 e. The molecule has 0 aliphatic rings. The molecule has 16 nitrogen and oxygen atoms in total. The zero-order chi connectivity index (χ0) is 53.4. The predicted octanol–water partition coefficient (Wildman–Crippen LogP) is 4.26. The van der Waals surface area contributed by atoms with Crippen LogP contribution in [0.4, 0.5) is 9.59 Å². The van der Waals surface area contributed by atoms with Crippen LogP contribution in [0.5, 0.6) is 0 Å². The summed E-state index contributed by atoms with van der Waals surface area (Å²) in [4.78, 5) is 59.0. The first-order chi connectivity index (χ1) is 33.0. The zero-order valence-electron chi connectivity index (χ0n) is 45.5. The van der Waals surface area contributed by atoms with Crippen molar-refractivity contribution in [3.8, 4) is 11.3 Å². The van der Waals surface area contributed by atoms with E-state index in [1.165, 1.54) is 19.2 Å². The SMILES string of the molecule is [2H]C([2H])(c1ccc(-c2ccccn2)cc1)N(C[C@H](O)[C@H](Cc1ccccc1)NC(=O)[C@@H](NC(=O)OCCOCCOCCOC)C(C([2H])([2H])[2H])(C([2H])([2H])[2H])C([2H])([2H])[2H])NC(=O)[C@@H](NC(=O)OC)C(C)(C)C. The van der Waals surface area contributed by atoms with Gasteiger partial charge < -0.3 is 44.7 Å². The summed E-state index contributed by atoms with van der Waals surface area (Å²) >= 11 is 0. The summed E-state index contributed by atoms with van der Waals surface area (Å²) in [5, 5.41) is 19.6. The van der Waals surface area contributed by atoms with Gasteiger partial charge in [-0.3, -0.25) is 20.0 Å². The summed E-state index contributed by atoms with van der Waals surface area (Å²) in [6, 6.07) is 13.1. The molecule has 0 unspecified atom stereocenters. The number of methoxy groups -OCH3 is 2. The molecule has 4 amide bonds. The number of amides is 4. The molecule has 2 aromatic carbocycles. The van der Waals surface area contributed by atoms with Crippen molar-refractivity contribution in [1.29, 1.82) is 0 Å². The smallest absolute Gasteiger partial charge is 0.407 e. The van der Waals surface area contributed by atoms with Crippen LogP contribution in [-0.2, 0) is 46.2 Å². The summed E-state index contributed by atoms with van der Waals surface area (Å²) in [5.74, 6) is -2.68. The Morgan fingerprint density at radius 3 is 1.97 bits per heavy atom. The average Bonchev–Trinajstić information content (AvgIpc) is 3.28. The van der Waals surface area contributed by atoms with E-state index in [-0.39, 0.29) is 38.4 Å². The number of aliphatic hydroxyl groups excluding tert-OH is 1. The molecule has 16 heteroatoms. The summed E-state index contributed by atoms with van der Waals surface area (Å²) < 4.78 is 119. The Morgan fingerprint density at radius 1 is 0.750 bits per heavy atom. The molecule has 0 radical (unpaired) electrons. The van der Waals surface area contributed by atoms with Gasteiger partial charge in [-0.05, 0) is 40.5 Å². The van der Waals surface area contributed by atoms with Gasteiger partial charge in [0.1, 0.15) is 18.7 Å². The van der Waals surface area contributed by atoms with E-state index in [1.54, 1.807) is 87.6 Å². The second kappa shape index (κ2) is 24.8.